The largest absolute Gasteiger partial charge is 0.454 e. The molecule has 11 heteroatoms. The summed E-state index contributed by atoms with van der Waals surface area (Å²) in [7, 11) is 0. The molecule has 4 rings (SSSR count). The highest BCUT2D eigenvalue weighted by Crippen LogP contribution is 2.36. The van der Waals surface area contributed by atoms with Crippen molar-refractivity contribution in [3.63, 3.8) is 0 Å². The molecule has 8 nitrogen and oxygen atoms in total. The van der Waals surface area contributed by atoms with Crippen LogP contribution in [0.1, 0.15) is 23.4 Å². The van der Waals surface area contributed by atoms with Crippen LogP contribution in [0.25, 0.3) is 6.08 Å². The Balaban J connectivity index is 1.33. The van der Waals surface area contributed by atoms with Gasteiger partial charge in [-0.3, -0.25) is 14.5 Å². The van der Waals surface area contributed by atoms with Crippen LogP contribution in [0.15, 0.2) is 23.1 Å². The van der Waals surface area contributed by atoms with E-state index in [1.54, 1.807) is 6.08 Å². The molecule has 0 bridgehead atoms. The molecule has 2 aliphatic rings. The molecule has 1 aromatic carbocycles. The predicted molar refractivity (Wildman–Crippen MR) is 115 cm³/mol. The van der Waals surface area contributed by atoms with Crippen LogP contribution in [0.5, 0.6) is 11.5 Å². The highest BCUT2D eigenvalue weighted by atomic mass is 32.2. The van der Waals surface area contributed by atoms with Gasteiger partial charge in [0.25, 0.3) is 5.91 Å². The smallest absolute Gasteiger partial charge is 0.266 e. The minimum absolute atomic E-state index is 0.155. The number of benzene rings is 1. The van der Waals surface area contributed by atoms with Crippen molar-refractivity contribution in [3.8, 4) is 11.5 Å². The van der Waals surface area contributed by atoms with Gasteiger partial charge in [0.1, 0.15) is 9.33 Å². The number of nitrogens with zero attached hydrogens (tertiary/aromatic N) is 3. The number of thiocarbonyl (C=S) groups is 1. The Morgan fingerprint density at radius 2 is 2.17 bits per heavy atom. The van der Waals surface area contributed by atoms with Crippen LogP contribution in [0.3, 0.4) is 0 Å². The number of hydrogen-bond donors (Lipinski definition) is 1. The van der Waals surface area contributed by atoms with Gasteiger partial charge in [-0.05, 0) is 37.1 Å². The van der Waals surface area contributed by atoms with Gasteiger partial charge in [0.2, 0.25) is 17.8 Å². The molecule has 1 aromatic heterocycles. The molecule has 2 aromatic rings. The second-order valence-electron chi connectivity index (χ2n) is 6.22. The maximum absolute atomic E-state index is 12.7. The first kappa shape index (κ1) is 19.8. The Bertz CT molecular complexity index is 1020. The number of nitrogens with one attached hydrogen (secondary N) is 1. The van der Waals surface area contributed by atoms with E-state index < -0.39 is 0 Å². The van der Waals surface area contributed by atoms with Crippen molar-refractivity contribution >= 4 is 62.7 Å². The van der Waals surface area contributed by atoms with E-state index in [0.717, 1.165) is 10.6 Å². The maximum Gasteiger partial charge on any atom is 0.266 e. The highest BCUT2D eigenvalue weighted by Gasteiger charge is 2.31. The lowest BCUT2D eigenvalue weighted by atomic mass is 10.2. The first-order chi connectivity index (χ1) is 14.0. The Hall–Kier alpha value is -2.50. The normalized spacial score (nSPS) is 16.7. The number of aromatic nitrogens is 2. The molecular formula is C18H16N4O4S3. The quantitative estimate of drug-likeness (QED) is 0.532. The minimum Gasteiger partial charge on any atom is -0.454 e. The summed E-state index contributed by atoms with van der Waals surface area (Å²) in [6, 6.07) is 5.50. The van der Waals surface area contributed by atoms with Gasteiger partial charge in [-0.15, -0.1) is 10.2 Å². The summed E-state index contributed by atoms with van der Waals surface area (Å²) in [6.45, 7) is 2.40. The molecule has 0 spiro atoms. The van der Waals surface area contributed by atoms with Crippen LogP contribution in [0.4, 0.5) is 5.13 Å². The number of thioether (sulfide) groups is 1. The van der Waals surface area contributed by atoms with Gasteiger partial charge in [-0.1, -0.05) is 41.4 Å². The van der Waals surface area contributed by atoms with Crippen LogP contribution in [0, 0.1) is 6.92 Å². The average molecular weight is 449 g/mol. The second-order valence-corrected chi connectivity index (χ2v) is 9.08. The Labute approximate surface area is 180 Å². The van der Waals surface area contributed by atoms with Gasteiger partial charge in [-0.2, -0.15) is 0 Å². The van der Waals surface area contributed by atoms with E-state index in [1.165, 1.54) is 28.0 Å². The summed E-state index contributed by atoms with van der Waals surface area (Å²) in [5, 5.41) is 11.7. The van der Waals surface area contributed by atoms with E-state index >= 15 is 0 Å². The van der Waals surface area contributed by atoms with Crippen LogP contribution >= 0.6 is 35.3 Å². The lowest BCUT2D eigenvalue weighted by Crippen LogP contribution is -2.29. The fourth-order valence-electron chi connectivity index (χ4n) is 2.77. The van der Waals surface area contributed by atoms with E-state index in [0.29, 0.717) is 38.8 Å². The molecule has 2 aliphatic heterocycles. The van der Waals surface area contributed by atoms with Gasteiger partial charge in [-0.25, -0.2) is 0 Å². The van der Waals surface area contributed by atoms with Crippen molar-refractivity contribution in [2.24, 2.45) is 0 Å². The van der Waals surface area contributed by atoms with E-state index in [2.05, 4.69) is 15.5 Å². The zero-order valence-corrected chi connectivity index (χ0v) is 17.8. The molecule has 150 valence electrons. The minimum atomic E-state index is -0.164. The molecule has 3 heterocycles. The van der Waals surface area contributed by atoms with Crippen LogP contribution in [0.2, 0.25) is 0 Å². The van der Waals surface area contributed by atoms with Gasteiger partial charge in [0.05, 0.1) is 4.91 Å². The summed E-state index contributed by atoms with van der Waals surface area (Å²) in [4.78, 5) is 26.8. The fourth-order valence-corrected chi connectivity index (χ4v) is 4.69. The summed E-state index contributed by atoms with van der Waals surface area (Å²) in [6.07, 6.45) is 2.54. The molecule has 0 atom stereocenters. The molecule has 0 unspecified atom stereocenters. The molecule has 2 amide bonds. The zero-order valence-electron chi connectivity index (χ0n) is 15.3. The molecule has 1 N–H and O–H groups in total. The van der Waals surface area contributed by atoms with E-state index in [1.807, 2.05) is 25.1 Å². The lowest BCUT2D eigenvalue weighted by molar-refractivity contribution is -0.122. The third-order valence-corrected chi connectivity index (χ3v) is 6.26. The SMILES string of the molecule is Cc1nnc(NC(=O)CCCN2C(=O)C(=Cc3ccc4c(c3)OCO4)SC2=S)s1. The summed E-state index contributed by atoms with van der Waals surface area (Å²) < 4.78 is 11.2. The third-order valence-electron chi connectivity index (χ3n) is 4.13. The van der Waals surface area contributed by atoms with Gasteiger partial charge in [0.15, 0.2) is 11.5 Å². The first-order valence-corrected chi connectivity index (χ1v) is 10.8. The molecule has 0 aliphatic carbocycles. The van der Waals surface area contributed by atoms with Crippen molar-refractivity contribution in [2.75, 3.05) is 18.7 Å². The van der Waals surface area contributed by atoms with Crippen LogP contribution in [-0.4, -0.2) is 44.6 Å². The molecular weight excluding hydrogens is 432 g/mol. The molecule has 1 saturated heterocycles. The van der Waals surface area contributed by atoms with Crippen molar-refractivity contribution in [1.82, 2.24) is 15.1 Å². The Kier molecular flexibility index (Phi) is 5.79. The topological polar surface area (TPSA) is 93.7 Å². The monoisotopic (exact) mass is 448 g/mol. The average Bonchev–Trinajstić information content (AvgIpc) is 3.37. The van der Waals surface area contributed by atoms with E-state index in [9.17, 15) is 9.59 Å². The molecule has 0 saturated carbocycles. The molecule has 29 heavy (non-hydrogen) atoms. The van der Waals surface area contributed by atoms with E-state index in [4.69, 9.17) is 21.7 Å². The number of amides is 2. The number of rotatable bonds is 6. The van der Waals surface area contributed by atoms with Crippen LogP contribution < -0.4 is 14.8 Å². The summed E-state index contributed by atoms with van der Waals surface area (Å²) in [5.41, 5.74) is 0.835. The standard InChI is InChI=1S/C18H16N4O4S3/c1-10-20-21-17(28-10)19-15(23)3-2-6-22-16(24)14(29-18(22)27)8-11-4-5-12-13(7-11)26-9-25-12/h4-5,7-8H,2-3,6,9H2,1H3,(H,19,21,23). The highest BCUT2D eigenvalue weighted by molar-refractivity contribution is 8.26. The number of fused-ring (bicyclic) bond motifs is 1. The fraction of sp³-hybridized carbons (Fsp3) is 0.278. The number of aryl methyl sites for hydroxylation is 1. The molecule has 1 fully saturated rings. The lowest BCUT2D eigenvalue weighted by Gasteiger charge is -2.13. The van der Waals surface area contributed by atoms with Crippen molar-refractivity contribution < 1.29 is 19.1 Å². The number of anilines is 1. The van der Waals surface area contributed by atoms with Gasteiger partial charge < -0.3 is 14.8 Å². The predicted octanol–water partition coefficient (Wildman–Crippen LogP) is 3.20. The number of hydrogen-bond acceptors (Lipinski definition) is 9. The van der Waals surface area contributed by atoms with E-state index in [-0.39, 0.29) is 25.0 Å². The van der Waals surface area contributed by atoms with Crippen molar-refractivity contribution in [3.05, 3.63) is 33.7 Å². The third kappa shape index (κ3) is 4.57. The Morgan fingerprint density at radius 1 is 1.34 bits per heavy atom. The zero-order chi connectivity index (χ0) is 20.4. The summed E-state index contributed by atoms with van der Waals surface area (Å²) >= 11 is 7.91. The van der Waals surface area contributed by atoms with Crippen LogP contribution in [-0.2, 0) is 9.59 Å². The van der Waals surface area contributed by atoms with Gasteiger partial charge in [0, 0.05) is 13.0 Å². The Morgan fingerprint density at radius 3 is 2.97 bits per heavy atom. The first-order valence-electron chi connectivity index (χ1n) is 8.74. The van der Waals surface area contributed by atoms with Crippen molar-refractivity contribution in [1.29, 1.82) is 0 Å². The van der Waals surface area contributed by atoms with Crippen molar-refractivity contribution in [2.45, 2.75) is 19.8 Å². The molecule has 0 radical (unpaired) electrons. The summed E-state index contributed by atoms with van der Waals surface area (Å²) in [5.74, 6) is 1.03. The second kappa shape index (κ2) is 8.47. The number of carbonyl (C=O) groups excluding carboxylic acids is 2. The number of ether oxygens (including phenoxy) is 2. The maximum atomic E-state index is 12.7. The number of carbonyl (C=O) groups is 2. The van der Waals surface area contributed by atoms with Gasteiger partial charge >= 0.3 is 0 Å².